The second-order valence-electron chi connectivity index (χ2n) is 9.27. The minimum absolute atomic E-state index is 0.209. The van der Waals surface area contributed by atoms with E-state index in [1.165, 1.54) is 29.5 Å². The number of amides is 1. The summed E-state index contributed by atoms with van der Waals surface area (Å²) in [5.74, 6) is -3.11. The van der Waals surface area contributed by atoms with Crippen molar-refractivity contribution in [3.05, 3.63) is 58.1 Å². The zero-order chi connectivity index (χ0) is 26.9. The first-order valence-corrected chi connectivity index (χ1v) is 12.8. The van der Waals surface area contributed by atoms with Crippen LogP contribution in [-0.2, 0) is 33.8 Å². The highest BCUT2D eigenvalue weighted by molar-refractivity contribution is 6.33. The predicted octanol–water partition coefficient (Wildman–Crippen LogP) is 2.38. The lowest BCUT2D eigenvalue weighted by Crippen LogP contribution is -2.39. The standard InChI is InChI=1S/C23H27ClN2O.C4H6O6/c24-21-10-9-17-11-13-25-14-12-20(17)22(21)18-7-5-16(6-8-18)15-26-23(27)19-3-1-2-4-19;5-1(3(7)8)2(6)4(9)10/h5-10,19,25H,1-4,11-15H2,(H,26,27);1-2,5-6H,(H,7,8)(H,9,10)/t;1-,2-/m.1/s1. The molecule has 2 atom stereocenters. The molecule has 10 heteroatoms. The van der Waals surface area contributed by atoms with Crippen LogP contribution in [0.5, 0.6) is 0 Å². The Morgan fingerprint density at radius 3 is 2.11 bits per heavy atom. The summed E-state index contributed by atoms with van der Waals surface area (Å²) in [5, 5.41) is 39.9. The first kappa shape index (κ1) is 28.6. The Kier molecular flexibility index (Phi) is 10.5. The number of carboxylic acid groups (broad SMARTS) is 2. The average molecular weight is 533 g/mol. The van der Waals surface area contributed by atoms with Gasteiger partial charge in [0.25, 0.3) is 0 Å². The molecular weight excluding hydrogens is 500 g/mol. The molecule has 1 fully saturated rings. The van der Waals surface area contributed by atoms with Crippen LogP contribution in [0.15, 0.2) is 36.4 Å². The van der Waals surface area contributed by atoms with Gasteiger partial charge < -0.3 is 31.1 Å². The molecule has 0 saturated heterocycles. The van der Waals surface area contributed by atoms with Crippen molar-refractivity contribution in [1.82, 2.24) is 10.6 Å². The third-order valence-electron chi connectivity index (χ3n) is 6.72. The van der Waals surface area contributed by atoms with Crippen LogP contribution in [0.4, 0.5) is 0 Å². The number of fused-ring (bicyclic) bond motifs is 1. The Labute approximate surface area is 220 Å². The molecule has 37 heavy (non-hydrogen) atoms. The third kappa shape index (κ3) is 7.75. The molecule has 0 bridgehead atoms. The highest BCUT2D eigenvalue weighted by atomic mass is 35.5. The molecule has 2 aromatic rings. The van der Waals surface area contributed by atoms with Gasteiger partial charge in [-0.1, -0.05) is 54.8 Å². The molecule has 2 aliphatic rings. The van der Waals surface area contributed by atoms with Crippen molar-refractivity contribution in [3.63, 3.8) is 0 Å². The van der Waals surface area contributed by atoms with E-state index >= 15 is 0 Å². The van der Waals surface area contributed by atoms with Gasteiger partial charge in [0.1, 0.15) is 0 Å². The fourth-order valence-corrected chi connectivity index (χ4v) is 4.92. The molecule has 0 radical (unpaired) electrons. The molecule has 1 saturated carbocycles. The van der Waals surface area contributed by atoms with E-state index in [4.69, 9.17) is 32.0 Å². The molecule has 0 aromatic heterocycles. The normalized spacial score (nSPS) is 16.9. The molecule has 6 N–H and O–H groups in total. The highest BCUT2D eigenvalue weighted by Gasteiger charge is 2.29. The molecule has 2 aromatic carbocycles. The molecule has 1 aliphatic carbocycles. The minimum Gasteiger partial charge on any atom is -0.479 e. The number of benzene rings is 2. The molecule has 4 rings (SSSR count). The lowest BCUT2D eigenvalue weighted by Gasteiger charge is -2.15. The van der Waals surface area contributed by atoms with Crippen molar-refractivity contribution in [3.8, 4) is 11.1 Å². The van der Waals surface area contributed by atoms with Crippen LogP contribution in [0, 0.1) is 5.92 Å². The summed E-state index contributed by atoms with van der Waals surface area (Å²) in [4.78, 5) is 31.8. The zero-order valence-corrected chi connectivity index (χ0v) is 21.2. The van der Waals surface area contributed by atoms with E-state index in [1.807, 2.05) is 6.07 Å². The Morgan fingerprint density at radius 1 is 0.919 bits per heavy atom. The number of aliphatic hydroxyl groups is 2. The fraction of sp³-hybridized carbons (Fsp3) is 0.444. The molecule has 0 unspecified atom stereocenters. The van der Waals surface area contributed by atoms with Crippen LogP contribution in [0.25, 0.3) is 11.1 Å². The summed E-state index contributed by atoms with van der Waals surface area (Å²) in [7, 11) is 0. The first-order chi connectivity index (χ1) is 17.7. The number of halogens is 1. The van der Waals surface area contributed by atoms with Crippen molar-refractivity contribution >= 4 is 29.4 Å². The van der Waals surface area contributed by atoms with E-state index in [9.17, 15) is 14.4 Å². The Balaban J connectivity index is 0.000000325. The van der Waals surface area contributed by atoms with Crippen molar-refractivity contribution in [1.29, 1.82) is 0 Å². The van der Waals surface area contributed by atoms with Gasteiger partial charge in [-0.05, 0) is 67.1 Å². The maximum atomic E-state index is 12.2. The minimum atomic E-state index is -2.27. The topological polar surface area (TPSA) is 156 Å². The van der Waals surface area contributed by atoms with Gasteiger partial charge in [-0.3, -0.25) is 4.79 Å². The summed E-state index contributed by atoms with van der Waals surface area (Å²) in [6.07, 6.45) is 1.97. The number of rotatable bonds is 7. The second kappa shape index (κ2) is 13.5. The Morgan fingerprint density at radius 2 is 1.51 bits per heavy atom. The van der Waals surface area contributed by atoms with E-state index < -0.39 is 24.1 Å². The number of carbonyl (C=O) groups excluding carboxylic acids is 1. The van der Waals surface area contributed by atoms with Crippen molar-refractivity contribution < 1.29 is 34.8 Å². The van der Waals surface area contributed by atoms with Crippen LogP contribution < -0.4 is 10.6 Å². The molecule has 0 spiro atoms. The largest absolute Gasteiger partial charge is 0.479 e. The van der Waals surface area contributed by atoms with Gasteiger partial charge in [0.05, 0.1) is 0 Å². The SMILES string of the molecule is O=C(NCc1ccc(-c2c(Cl)ccc3c2CCNCC3)cc1)C1CCCC1.O=C(O)[C@H](O)[C@@H](O)C(=O)O. The van der Waals surface area contributed by atoms with Gasteiger partial charge >= 0.3 is 11.9 Å². The van der Waals surface area contributed by atoms with Crippen LogP contribution in [0.1, 0.15) is 42.4 Å². The van der Waals surface area contributed by atoms with Crippen molar-refractivity contribution in [2.75, 3.05) is 13.1 Å². The molecule has 200 valence electrons. The van der Waals surface area contributed by atoms with Gasteiger partial charge in [0.15, 0.2) is 12.2 Å². The molecule has 9 nitrogen and oxygen atoms in total. The van der Waals surface area contributed by atoms with E-state index in [2.05, 4.69) is 41.0 Å². The quantitative estimate of drug-likeness (QED) is 0.317. The highest BCUT2D eigenvalue weighted by Crippen LogP contribution is 2.35. The van der Waals surface area contributed by atoms with Crippen LogP contribution in [-0.4, -0.2) is 63.6 Å². The van der Waals surface area contributed by atoms with Gasteiger partial charge in [-0.2, -0.15) is 0 Å². The van der Waals surface area contributed by atoms with E-state index in [-0.39, 0.29) is 11.8 Å². The summed E-state index contributed by atoms with van der Waals surface area (Å²) < 4.78 is 0. The molecular formula is C27H33ClN2O7. The van der Waals surface area contributed by atoms with Gasteiger partial charge in [-0.15, -0.1) is 0 Å². The third-order valence-corrected chi connectivity index (χ3v) is 7.04. The van der Waals surface area contributed by atoms with E-state index in [0.29, 0.717) is 6.54 Å². The van der Waals surface area contributed by atoms with E-state index in [0.717, 1.165) is 54.9 Å². The number of nitrogens with one attached hydrogen (secondary N) is 2. The number of carbonyl (C=O) groups is 3. The maximum Gasteiger partial charge on any atom is 0.335 e. The number of hydrogen-bond donors (Lipinski definition) is 6. The first-order valence-electron chi connectivity index (χ1n) is 12.4. The summed E-state index contributed by atoms with van der Waals surface area (Å²) in [6.45, 7) is 2.61. The predicted molar refractivity (Wildman–Crippen MR) is 138 cm³/mol. The van der Waals surface area contributed by atoms with Gasteiger partial charge in [0, 0.05) is 23.0 Å². The zero-order valence-electron chi connectivity index (χ0n) is 20.5. The molecule has 1 amide bonds. The van der Waals surface area contributed by atoms with E-state index in [1.54, 1.807) is 0 Å². The van der Waals surface area contributed by atoms with Gasteiger partial charge in [-0.25, -0.2) is 9.59 Å². The number of carboxylic acids is 2. The summed E-state index contributed by atoms with van der Waals surface area (Å²) in [6, 6.07) is 12.7. The average Bonchev–Trinajstić information content (AvgIpc) is 3.33. The monoisotopic (exact) mass is 532 g/mol. The number of aliphatic hydroxyl groups excluding tert-OH is 2. The van der Waals surface area contributed by atoms with Crippen LogP contribution >= 0.6 is 11.6 Å². The van der Waals surface area contributed by atoms with Crippen LogP contribution in [0.3, 0.4) is 0 Å². The summed E-state index contributed by atoms with van der Waals surface area (Å²) >= 11 is 6.59. The number of aliphatic carboxylic acids is 2. The molecule has 1 aliphatic heterocycles. The lowest BCUT2D eigenvalue weighted by atomic mass is 9.92. The Bertz CT molecular complexity index is 1080. The van der Waals surface area contributed by atoms with Crippen molar-refractivity contribution in [2.45, 2.75) is 57.3 Å². The lowest BCUT2D eigenvalue weighted by molar-refractivity contribution is -0.165. The van der Waals surface area contributed by atoms with Crippen LogP contribution in [0.2, 0.25) is 5.02 Å². The maximum absolute atomic E-state index is 12.2. The van der Waals surface area contributed by atoms with Crippen molar-refractivity contribution in [2.24, 2.45) is 5.92 Å². The second-order valence-corrected chi connectivity index (χ2v) is 9.68. The summed E-state index contributed by atoms with van der Waals surface area (Å²) in [5.41, 5.74) is 6.22. The smallest absolute Gasteiger partial charge is 0.335 e. The number of hydrogen-bond acceptors (Lipinski definition) is 6. The van der Waals surface area contributed by atoms with Gasteiger partial charge in [0.2, 0.25) is 5.91 Å². The Hall–Kier alpha value is -2.98. The molecule has 1 heterocycles. The fourth-order valence-electron chi connectivity index (χ4n) is 4.64.